The minimum absolute atomic E-state index is 0.00548. The Labute approximate surface area is 135 Å². The summed E-state index contributed by atoms with van der Waals surface area (Å²) in [6.45, 7) is 2.86. The topological polar surface area (TPSA) is 57.4 Å². The minimum atomic E-state index is -0.00548. The van der Waals surface area contributed by atoms with Gasteiger partial charge in [0.15, 0.2) is 0 Å². The first-order chi connectivity index (χ1) is 11.2. The standard InChI is InChI=1S/C18H21N3O2/c1-13(22)19-10-8-15-16-12-21(23-2)11-9-17(16)20-18(15)14-6-4-3-5-7-14/h3-7,9,11,20H,8,10,12H2,1-2H3,(H,19,22). The maximum absolute atomic E-state index is 11.2. The summed E-state index contributed by atoms with van der Waals surface area (Å²) < 4.78 is 0. The molecule has 1 aliphatic heterocycles. The second-order valence-corrected chi connectivity index (χ2v) is 5.54. The van der Waals surface area contributed by atoms with Crippen molar-refractivity contribution >= 4 is 12.0 Å². The van der Waals surface area contributed by atoms with Crippen molar-refractivity contribution < 1.29 is 9.63 Å². The largest absolute Gasteiger partial charge is 0.356 e. The van der Waals surface area contributed by atoms with E-state index in [4.69, 9.17) is 4.84 Å². The smallest absolute Gasteiger partial charge is 0.216 e. The molecule has 5 heteroatoms. The number of hydroxylamine groups is 2. The number of benzene rings is 1. The van der Waals surface area contributed by atoms with Crippen molar-refractivity contribution in [3.63, 3.8) is 0 Å². The molecule has 0 saturated heterocycles. The first-order valence-electron chi connectivity index (χ1n) is 7.71. The molecule has 0 aliphatic carbocycles. The Kier molecular flexibility index (Phi) is 4.48. The van der Waals surface area contributed by atoms with Crippen molar-refractivity contribution in [1.82, 2.24) is 15.4 Å². The summed E-state index contributed by atoms with van der Waals surface area (Å²) >= 11 is 0. The van der Waals surface area contributed by atoms with Crippen LogP contribution in [0.4, 0.5) is 0 Å². The highest BCUT2D eigenvalue weighted by Crippen LogP contribution is 2.32. The van der Waals surface area contributed by atoms with Gasteiger partial charge in [-0.05, 0) is 23.6 Å². The van der Waals surface area contributed by atoms with E-state index in [1.807, 2.05) is 30.5 Å². The van der Waals surface area contributed by atoms with Crippen molar-refractivity contribution in [2.45, 2.75) is 19.9 Å². The molecule has 0 fully saturated rings. The van der Waals surface area contributed by atoms with Gasteiger partial charge in [-0.3, -0.25) is 14.7 Å². The van der Waals surface area contributed by atoms with Gasteiger partial charge >= 0.3 is 0 Å². The van der Waals surface area contributed by atoms with Gasteiger partial charge in [-0.2, -0.15) is 0 Å². The Bertz CT molecular complexity index is 719. The quantitative estimate of drug-likeness (QED) is 0.892. The van der Waals surface area contributed by atoms with E-state index in [1.165, 1.54) is 11.1 Å². The predicted molar refractivity (Wildman–Crippen MR) is 90.2 cm³/mol. The molecule has 0 unspecified atom stereocenters. The Morgan fingerprint density at radius 3 is 2.83 bits per heavy atom. The lowest BCUT2D eigenvalue weighted by atomic mass is 10.00. The molecule has 2 aromatic rings. The molecule has 23 heavy (non-hydrogen) atoms. The molecular formula is C18H21N3O2. The third-order valence-corrected chi connectivity index (χ3v) is 4.02. The molecule has 5 nitrogen and oxygen atoms in total. The molecule has 0 spiro atoms. The van der Waals surface area contributed by atoms with Crippen molar-refractivity contribution in [2.75, 3.05) is 13.7 Å². The fourth-order valence-corrected chi connectivity index (χ4v) is 2.90. The van der Waals surface area contributed by atoms with Gasteiger partial charge in [-0.15, -0.1) is 0 Å². The average Bonchev–Trinajstić information content (AvgIpc) is 2.93. The highest BCUT2D eigenvalue weighted by Gasteiger charge is 2.21. The van der Waals surface area contributed by atoms with E-state index in [0.29, 0.717) is 13.1 Å². The summed E-state index contributed by atoms with van der Waals surface area (Å²) in [6.07, 6.45) is 4.73. The van der Waals surface area contributed by atoms with Crippen LogP contribution >= 0.6 is 0 Å². The number of carbonyl (C=O) groups is 1. The molecule has 3 rings (SSSR count). The zero-order valence-corrected chi connectivity index (χ0v) is 13.4. The van der Waals surface area contributed by atoms with Gasteiger partial charge in [0.25, 0.3) is 0 Å². The number of amides is 1. The van der Waals surface area contributed by atoms with Crippen molar-refractivity contribution in [2.24, 2.45) is 0 Å². The van der Waals surface area contributed by atoms with Gasteiger partial charge in [0, 0.05) is 36.6 Å². The minimum Gasteiger partial charge on any atom is -0.356 e. The number of hydrogen-bond donors (Lipinski definition) is 2. The molecule has 2 N–H and O–H groups in total. The van der Waals surface area contributed by atoms with Crippen LogP contribution in [0.2, 0.25) is 0 Å². The number of nitrogens with zero attached hydrogens (tertiary/aromatic N) is 1. The zero-order valence-electron chi connectivity index (χ0n) is 13.4. The number of carbonyl (C=O) groups excluding carboxylic acids is 1. The highest BCUT2D eigenvalue weighted by atomic mass is 16.7. The van der Waals surface area contributed by atoms with Gasteiger partial charge in [-0.25, -0.2) is 0 Å². The number of nitrogens with one attached hydrogen (secondary N) is 2. The van der Waals surface area contributed by atoms with E-state index >= 15 is 0 Å². The predicted octanol–water partition coefficient (Wildman–Crippen LogP) is 2.71. The third-order valence-electron chi connectivity index (χ3n) is 4.02. The molecule has 120 valence electrons. The van der Waals surface area contributed by atoms with Crippen LogP contribution in [0, 0.1) is 0 Å². The summed E-state index contributed by atoms with van der Waals surface area (Å²) in [5, 5.41) is 4.68. The Hall–Kier alpha value is -2.53. The van der Waals surface area contributed by atoms with Crippen LogP contribution in [0.15, 0.2) is 36.5 Å². The van der Waals surface area contributed by atoms with Crippen molar-refractivity contribution in [1.29, 1.82) is 0 Å². The molecule has 1 aromatic carbocycles. The number of hydrogen-bond acceptors (Lipinski definition) is 3. The second-order valence-electron chi connectivity index (χ2n) is 5.54. The van der Waals surface area contributed by atoms with E-state index < -0.39 is 0 Å². The molecule has 1 aromatic heterocycles. The molecule has 0 atom stereocenters. The van der Waals surface area contributed by atoms with Crippen LogP contribution in [-0.2, 0) is 22.6 Å². The molecule has 1 aliphatic rings. The first kappa shape index (κ1) is 15.4. The second kappa shape index (κ2) is 6.71. The van der Waals surface area contributed by atoms with E-state index in [-0.39, 0.29) is 5.91 Å². The van der Waals surface area contributed by atoms with Crippen molar-refractivity contribution in [3.8, 4) is 11.3 Å². The molecule has 0 saturated carbocycles. The SMILES string of the molecule is CON1C=Cc2[nH]c(-c3ccccc3)c(CCNC(C)=O)c2C1. The zero-order chi connectivity index (χ0) is 16.2. The van der Waals surface area contributed by atoms with Gasteiger partial charge < -0.3 is 10.3 Å². The van der Waals surface area contributed by atoms with Gasteiger partial charge in [-0.1, -0.05) is 30.3 Å². The molecule has 0 radical (unpaired) electrons. The Morgan fingerprint density at radius 2 is 2.13 bits per heavy atom. The van der Waals surface area contributed by atoms with E-state index in [0.717, 1.165) is 23.4 Å². The summed E-state index contributed by atoms with van der Waals surface area (Å²) in [7, 11) is 1.66. The maximum atomic E-state index is 11.2. The fraction of sp³-hybridized carbons (Fsp3) is 0.278. The van der Waals surface area contributed by atoms with E-state index in [1.54, 1.807) is 19.1 Å². The Balaban J connectivity index is 1.97. The summed E-state index contributed by atoms with van der Waals surface area (Å²) in [5.74, 6) is -0.00548. The average molecular weight is 311 g/mol. The number of fused-ring (bicyclic) bond motifs is 1. The van der Waals surface area contributed by atoms with Crippen LogP contribution < -0.4 is 5.32 Å². The van der Waals surface area contributed by atoms with E-state index in [2.05, 4.69) is 22.4 Å². The van der Waals surface area contributed by atoms with Gasteiger partial charge in [0.1, 0.15) is 0 Å². The van der Waals surface area contributed by atoms with Crippen LogP contribution in [0.5, 0.6) is 0 Å². The third kappa shape index (κ3) is 3.29. The van der Waals surface area contributed by atoms with E-state index in [9.17, 15) is 4.79 Å². The van der Waals surface area contributed by atoms with Crippen LogP contribution in [0.1, 0.15) is 23.7 Å². The van der Waals surface area contributed by atoms with Crippen LogP contribution in [0.3, 0.4) is 0 Å². The lowest BCUT2D eigenvalue weighted by Gasteiger charge is -2.21. The normalized spacial score (nSPS) is 13.0. The van der Waals surface area contributed by atoms with Gasteiger partial charge in [0.05, 0.1) is 13.7 Å². The number of rotatable bonds is 5. The lowest BCUT2D eigenvalue weighted by molar-refractivity contribution is -0.118. The molecule has 0 bridgehead atoms. The lowest BCUT2D eigenvalue weighted by Crippen LogP contribution is -2.23. The summed E-state index contributed by atoms with van der Waals surface area (Å²) in [5.41, 5.74) is 5.82. The van der Waals surface area contributed by atoms with Crippen LogP contribution in [-0.4, -0.2) is 29.6 Å². The molecule has 1 amide bonds. The molecule has 2 heterocycles. The summed E-state index contributed by atoms with van der Waals surface area (Å²) in [6, 6.07) is 10.3. The first-order valence-corrected chi connectivity index (χ1v) is 7.71. The van der Waals surface area contributed by atoms with Crippen LogP contribution in [0.25, 0.3) is 17.3 Å². The molecular weight excluding hydrogens is 290 g/mol. The fourth-order valence-electron chi connectivity index (χ4n) is 2.90. The maximum Gasteiger partial charge on any atom is 0.216 e. The highest BCUT2D eigenvalue weighted by molar-refractivity contribution is 5.73. The van der Waals surface area contributed by atoms with Crippen molar-refractivity contribution in [3.05, 3.63) is 53.4 Å². The number of aromatic nitrogens is 1. The van der Waals surface area contributed by atoms with Gasteiger partial charge in [0.2, 0.25) is 5.91 Å². The number of aromatic amines is 1. The monoisotopic (exact) mass is 311 g/mol. The summed E-state index contributed by atoms with van der Waals surface area (Å²) in [4.78, 5) is 20.0. The Morgan fingerprint density at radius 1 is 1.35 bits per heavy atom. The number of H-pyrrole nitrogens is 1.